The summed E-state index contributed by atoms with van der Waals surface area (Å²) >= 11 is 1.46. The zero-order valence-corrected chi connectivity index (χ0v) is 24.3. The van der Waals surface area contributed by atoms with E-state index in [9.17, 15) is 9.59 Å². The molecule has 5 rings (SSSR count). The van der Waals surface area contributed by atoms with Crippen LogP contribution < -0.4 is 0 Å². The van der Waals surface area contributed by atoms with Gasteiger partial charge in [-0.15, -0.1) is 11.8 Å². The molecule has 1 saturated heterocycles. The second kappa shape index (κ2) is 13.0. The molecule has 0 aliphatic carbocycles. The Morgan fingerprint density at radius 3 is 2.00 bits per heavy atom. The Bertz CT molecular complexity index is 1720. The first-order valence-electron chi connectivity index (χ1n) is 13.7. The number of carbonyl (C=O) groups excluding carboxylic acids is 2. The minimum atomic E-state index is -0.538. The number of ether oxygens (including phenoxy) is 3. The highest BCUT2D eigenvalue weighted by molar-refractivity contribution is 8.00. The average molecular weight is 577 g/mol. The highest BCUT2D eigenvalue weighted by Gasteiger charge is 2.40. The van der Waals surface area contributed by atoms with Crippen LogP contribution >= 0.6 is 11.8 Å². The van der Waals surface area contributed by atoms with Gasteiger partial charge in [0.1, 0.15) is 23.9 Å². The van der Waals surface area contributed by atoms with Crippen LogP contribution in [0.25, 0.3) is 21.5 Å². The molecule has 1 unspecified atom stereocenters. The van der Waals surface area contributed by atoms with Crippen LogP contribution in [0.1, 0.15) is 34.1 Å². The third-order valence-corrected chi connectivity index (χ3v) is 8.53. The minimum absolute atomic E-state index is 0.0560. The number of fused-ring (bicyclic) bond motifs is 2. The zero-order chi connectivity index (χ0) is 29.6. The largest absolute Gasteiger partial charge is 0.480 e. The van der Waals surface area contributed by atoms with Gasteiger partial charge >= 0.3 is 11.9 Å². The number of allylic oxidation sites excluding steroid dienone is 4. The van der Waals surface area contributed by atoms with Crippen LogP contribution in [0, 0.1) is 0 Å². The van der Waals surface area contributed by atoms with Gasteiger partial charge in [0, 0.05) is 6.42 Å². The van der Waals surface area contributed by atoms with Crippen molar-refractivity contribution in [3.05, 3.63) is 145 Å². The van der Waals surface area contributed by atoms with Crippen LogP contribution in [0.5, 0.6) is 0 Å². The highest BCUT2D eigenvalue weighted by Crippen LogP contribution is 2.39. The maximum Gasteiger partial charge on any atom is 0.338 e. The van der Waals surface area contributed by atoms with Crippen molar-refractivity contribution in [2.45, 2.75) is 30.1 Å². The van der Waals surface area contributed by atoms with Gasteiger partial charge in [-0.2, -0.15) is 0 Å². The van der Waals surface area contributed by atoms with Gasteiger partial charge in [-0.25, -0.2) is 9.59 Å². The van der Waals surface area contributed by atoms with E-state index in [-0.39, 0.29) is 17.3 Å². The van der Waals surface area contributed by atoms with Crippen molar-refractivity contribution in [1.82, 2.24) is 0 Å². The molecule has 0 bridgehead atoms. The summed E-state index contributed by atoms with van der Waals surface area (Å²) in [6.45, 7) is 13.6. The number of hydrogen-bond acceptors (Lipinski definition) is 6. The Hall–Kier alpha value is -4.55. The lowest BCUT2D eigenvalue weighted by Crippen LogP contribution is -2.29. The van der Waals surface area contributed by atoms with E-state index in [0.717, 1.165) is 32.7 Å². The predicted octanol–water partition coefficient (Wildman–Crippen LogP) is 8.43. The SMILES string of the molecule is C=CC(=C)/C=C(\C)C(=C)OC1C[C@@H](OC(=O)c2ccc3ccccc3c2)[C@@H](COC(=O)c2ccc3ccccc3c2)S1. The summed E-state index contributed by atoms with van der Waals surface area (Å²) < 4.78 is 17.9. The first-order chi connectivity index (χ1) is 20.3. The van der Waals surface area contributed by atoms with E-state index >= 15 is 0 Å². The summed E-state index contributed by atoms with van der Waals surface area (Å²) in [5, 5.41) is 3.67. The summed E-state index contributed by atoms with van der Waals surface area (Å²) in [6, 6.07) is 26.6. The number of thioether (sulfide) groups is 1. The van der Waals surface area contributed by atoms with Gasteiger partial charge in [-0.3, -0.25) is 0 Å². The average Bonchev–Trinajstić information content (AvgIpc) is 3.39. The molecule has 4 aromatic rings. The van der Waals surface area contributed by atoms with Gasteiger partial charge in [0.2, 0.25) is 0 Å². The fourth-order valence-electron chi connectivity index (χ4n) is 4.77. The second-order valence-corrected chi connectivity index (χ2v) is 11.6. The smallest absolute Gasteiger partial charge is 0.338 e. The van der Waals surface area contributed by atoms with Gasteiger partial charge in [0.25, 0.3) is 0 Å². The van der Waals surface area contributed by atoms with Crippen LogP contribution in [0.4, 0.5) is 0 Å². The lowest BCUT2D eigenvalue weighted by molar-refractivity contribution is 0.0166. The topological polar surface area (TPSA) is 61.8 Å². The number of rotatable bonds is 10. The molecule has 0 amide bonds. The Morgan fingerprint density at radius 1 is 0.833 bits per heavy atom. The molecule has 0 radical (unpaired) electrons. The molecule has 0 N–H and O–H groups in total. The molecule has 5 nitrogen and oxygen atoms in total. The van der Waals surface area contributed by atoms with E-state index in [4.69, 9.17) is 14.2 Å². The van der Waals surface area contributed by atoms with Gasteiger partial charge in [-0.1, -0.05) is 86.5 Å². The quantitative estimate of drug-likeness (QED) is 0.107. The third-order valence-electron chi connectivity index (χ3n) is 7.15. The van der Waals surface area contributed by atoms with Gasteiger partial charge in [0.15, 0.2) is 0 Å². The maximum atomic E-state index is 13.2. The molecule has 0 saturated carbocycles. The molecule has 6 heteroatoms. The summed E-state index contributed by atoms with van der Waals surface area (Å²) in [6.07, 6.45) is 3.37. The number of benzene rings is 4. The van der Waals surface area contributed by atoms with Gasteiger partial charge in [0.05, 0.1) is 16.4 Å². The fourth-order valence-corrected chi connectivity index (χ4v) is 6.13. The maximum absolute atomic E-state index is 13.2. The van der Waals surface area contributed by atoms with Crippen molar-refractivity contribution in [3.8, 4) is 0 Å². The van der Waals surface area contributed by atoms with Crippen LogP contribution in [0.15, 0.2) is 134 Å². The minimum Gasteiger partial charge on any atom is -0.480 e. The number of hydrogen-bond donors (Lipinski definition) is 0. The molecule has 212 valence electrons. The second-order valence-electron chi connectivity index (χ2n) is 10.2. The third kappa shape index (κ3) is 6.84. The van der Waals surface area contributed by atoms with E-state index in [1.165, 1.54) is 11.8 Å². The van der Waals surface area contributed by atoms with Crippen molar-refractivity contribution in [1.29, 1.82) is 0 Å². The molecule has 3 atom stereocenters. The number of carbonyl (C=O) groups is 2. The first-order valence-corrected chi connectivity index (χ1v) is 14.6. The first kappa shape index (κ1) is 29.0. The van der Waals surface area contributed by atoms with Gasteiger partial charge in [-0.05, 0) is 70.0 Å². The van der Waals surface area contributed by atoms with Crippen molar-refractivity contribution in [2.75, 3.05) is 6.61 Å². The Labute approximate surface area is 250 Å². The molecule has 4 aromatic carbocycles. The Morgan fingerprint density at radius 2 is 1.40 bits per heavy atom. The molecule has 0 aromatic heterocycles. The molecule has 1 fully saturated rings. The summed E-state index contributed by atoms with van der Waals surface area (Å²) in [5.41, 5.74) is 2.14. The molecule has 1 heterocycles. The zero-order valence-electron chi connectivity index (χ0n) is 23.5. The summed E-state index contributed by atoms with van der Waals surface area (Å²) in [4.78, 5) is 26.2. The van der Waals surface area contributed by atoms with E-state index in [1.807, 2.05) is 85.8 Å². The molecule has 42 heavy (non-hydrogen) atoms. The summed E-state index contributed by atoms with van der Waals surface area (Å²) in [7, 11) is 0. The van der Waals surface area contributed by atoms with E-state index in [2.05, 4.69) is 19.7 Å². The van der Waals surface area contributed by atoms with Crippen molar-refractivity contribution >= 4 is 45.2 Å². The summed E-state index contributed by atoms with van der Waals surface area (Å²) in [5.74, 6) is -0.379. The lowest BCUT2D eigenvalue weighted by atomic mass is 10.1. The lowest BCUT2D eigenvalue weighted by Gasteiger charge is -2.19. The van der Waals surface area contributed by atoms with E-state index in [0.29, 0.717) is 23.3 Å². The number of esters is 2. The fraction of sp³-hybridized carbons (Fsp3) is 0.167. The van der Waals surface area contributed by atoms with E-state index < -0.39 is 18.0 Å². The molecular formula is C36H32O5S. The normalized spacial score (nSPS) is 18.4. The molecular weight excluding hydrogens is 544 g/mol. The van der Waals surface area contributed by atoms with Crippen molar-refractivity contribution in [3.63, 3.8) is 0 Å². The predicted molar refractivity (Wildman–Crippen MR) is 170 cm³/mol. The van der Waals surface area contributed by atoms with Crippen molar-refractivity contribution < 1.29 is 23.8 Å². The Kier molecular flexibility index (Phi) is 8.94. The van der Waals surface area contributed by atoms with Crippen LogP contribution in [0.3, 0.4) is 0 Å². The monoisotopic (exact) mass is 576 g/mol. The van der Waals surface area contributed by atoms with Crippen molar-refractivity contribution in [2.24, 2.45) is 0 Å². The van der Waals surface area contributed by atoms with Crippen LogP contribution in [0.2, 0.25) is 0 Å². The standard InChI is InChI=1S/C36H32O5S/c1-5-23(2)18-24(3)25(4)40-34-21-32(41-36(38)31-17-15-27-11-7-9-13-29(27)20-31)33(42-34)22-39-35(37)30-16-14-26-10-6-8-12-28(26)19-30/h5-20,32-34H,1-2,4,21-22H2,3H3/b24-18+/t32-,33-,34?/m1/s1. The van der Waals surface area contributed by atoms with E-state index in [1.54, 1.807) is 18.2 Å². The molecule has 1 aliphatic heterocycles. The van der Waals surface area contributed by atoms with Crippen LogP contribution in [-0.4, -0.2) is 35.3 Å². The van der Waals surface area contributed by atoms with Crippen LogP contribution in [-0.2, 0) is 14.2 Å². The highest BCUT2D eigenvalue weighted by atomic mass is 32.2. The Balaban J connectivity index is 1.30. The molecule has 1 aliphatic rings. The van der Waals surface area contributed by atoms with Gasteiger partial charge < -0.3 is 14.2 Å². The molecule has 0 spiro atoms.